The zero-order valence-corrected chi connectivity index (χ0v) is 10.8. The van der Waals surface area contributed by atoms with E-state index in [2.05, 4.69) is 11.9 Å². The summed E-state index contributed by atoms with van der Waals surface area (Å²) in [5, 5.41) is 2.56. The van der Waals surface area contributed by atoms with Crippen molar-refractivity contribution in [2.45, 2.75) is 32.6 Å². The van der Waals surface area contributed by atoms with Crippen molar-refractivity contribution in [3.63, 3.8) is 0 Å². The highest BCUT2D eigenvalue weighted by molar-refractivity contribution is 6.38. The van der Waals surface area contributed by atoms with Gasteiger partial charge in [-0.1, -0.05) is 43.0 Å². The molecule has 2 aromatic rings. The summed E-state index contributed by atoms with van der Waals surface area (Å²) >= 11 is 12.1. The molecule has 0 atom stereocenters. The number of aromatic nitrogens is 1. The molecule has 1 aromatic heterocycles. The third kappa shape index (κ3) is 2.36. The van der Waals surface area contributed by atoms with Crippen molar-refractivity contribution in [2.75, 3.05) is 0 Å². The zero-order valence-electron chi connectivity index (χ0n) is 9.32. The van der Waals surface area contributed by atoms with E-state index in [1.165, 1.54) is 24.8 Å². The fraction of sp³-hybridized carbons (Fsp3) is 0.385. The van der Waals surface area contributed by atoms with Gasteiger partial charge in [0, 0.05) is 16.6 Å². The fourth-order valence-electron chi connectivity index (χ4n) is 1.98. The first kappa shape index (κ1) is 11.8. The second kappa shape index (κ2) is 5.11. The molecule has 1 aromatic carbocycles. The highest BCUT2D eigenvalue weighted by Crippen LogP contribution is 2.30. The number of H-pyrrole nitrogens is 1. The minimum Gasteiger partial charge on any atom is -0.360 e. The average molecular weight is 256 g/mol. The van der Waals surface area contributed by atoms with Gasteiger partial charge >= 0.3 is 0 Å². The van der Waals surface area contributed by atoms with E-state index in [0.29, 0.717) is 10.0 Å². The molecular weight excluding hydrogens is 241 g/mol. The van der Waals surface area contributed by atoms with E-state index in [4.69, 9.17) is 23.2 Å². The molecule has 2 rings (SSSR count). The maximum Gasteiger partial charge on any atom is 0.0661 e. The third-order valence-electron chi connectivity index (χ3n) is 2.84. The first-order valence-electron chi connectivity index (χ1n) is 5.67. The first-order chi connectivity index (χ1) is 7.72. The van der Waals surface area contributed by atoms with E-state index in [0.717, 1.165) is 17.3 Å². The smallest absolute Gasteiger partial charge is 0.0661 e. The highest BCUT2D eigenvalue weighted by atomic mass is 35.5. The molecule has 0 radical (unpaired) electrons. The van der Waals surface area contributed by atoms with Crippen LogP contribution >= 0.6 is 23.2 Å². The Labute approximate surface area is 106 Å². The Bertz CT molecular complexity index is 488. The number of nitrogens with one attached hydrogen (secondary N) is 1. The largest absolute Gasteiger partial charge is 0.360 e. The van der Waals surface area contributed by atoms with Gasteiger partial charge in [-0.05, 0) is 30.5 Å². The molecule has 16 heavy (non-hydrogen) atoms. The minimum atomic E-state index is 0.698. The summed E-state index contributed by atoms with van der Waals surface area (Å²) in [5.41, 5.74) is 2.31. The van der Waals surface area contributed by atoms with Crippen molar-refractivity contribution >= 4 is 34.1 Å². The van der Waals surface area contributed by atoms with Gasteiger partial charge < -0.3 is 4.98 Å². The van der Waals surface area contributed by atoms with Gasteiger partial charge in [0.05, 0.1) is 10.5 Å². The Balaban J connectivity index is 2.32. The average Bonchev–Trinajstić information content (AvgIpc) is 2.62. The number of unbranched alkanes of at least 4 members (excludes halogenated alkanes) is 2. The van der Waals surface area contributed by atoms with Crippen molar-refractivity contribution < 1.29 is 0 Å². The molecule has 86 valence electrons. The lowest BCUT2D eigenvalue weighted by Gasteiger charge is -2.00. The molecule has 1 nitrogen and oxygen atoms in total. The van der Waals surface area contributed by atoms with E-state index in [-0.39, 0.29) is 0 Å². The molecule has 0 aliphatic rings. The number of benzene rings is 1. The lowest BCUT2D eigenvalue weighted by molar-refractivity contribution is 0.719. The molecule has 0 amide bonds. The van der Waals surface area contributed by atoms with E-state index in [9.17, 15) is 0 Å². The van der Waals surface area contributed by atoms with Gasteiger partial charge in [0.1, 0.15) is 0 Å². The molecule has 0 fully saturated rings. The summed E-state index contributed by atoms with van der Waals surface area (Å²) in [6, 6.07) is 3.76. The number of aryl methyl sites for hydroxylation is 1. The van der Waals surface area contributed by atoms with Gasteiger partial charge in [0.2, 0.25) is 0 Å². The molecular formula is C13H15Cl2N. The first-order valence-corrected chi connectivity index (χ1v) is 6.43. The van der Waals surface area contributed by atoms with Crippen LogP contribution in [-0.4, -0.2) is 4.98 Å². The lowest BCUT2D eigenvalue weighted by atomic mass is 10.1. The Morgan fingerprint density at radius 3 is 2.75 bits per heavy atom. The quantitative estimate of drug-likeness (QED) is 0.723. The summed E-state index contributed by atoms with van der Waals surface area (Å²) in [5.74, 6) is 0. The summed E-state index contributed by atoms with van der Waals surface area (Å²) < 4.78 is 0. The Hall–Kier alpha value is -0.660. The molecule has 1 N–H and O–H groups in total. The van der Waals surface area contributed by atoms with E-state index >= 15 is 0 Å². The number of hydrogen-bond donors (Lipinski definition) is 1. The maximum absolute atomic E-state index is 6.12. The van der Waals surface area contributed by atoms with Gasteiger partial charge in [0.15, 0.2) is 0 Å². The van der Waals surface area contributed by atoms with Crippen molar-refractivity contribution in [2.24, 2.45) is 0 Å². The highest BCUT2D eigenvalue weighted by Gasteiger charge is 2.07. The normalized spacial score (nSPS) is 11.2. The van der Waals surface area contributed by atoms with Gasteiger partial charge in [-0.15, -0.1) is 0 Å². The van der Waals surface area contributed by atoms with Crippen molar-refractivity contribution in [3.05, 3.63) is 33.9 Å². The lowest BCUT2D eigenvalue weighted by Crippen LogP contribution is -1.83. The maximum atomic E-state index is 6.12. The zero-order chi connectivity index (χ0) is 11.5. The van der Waals surface area contributed by atoms with Crippen LogP contribution in [0.4, 0.5) is 0 Å². The van der Waals surface area contributed by atoms with Crippen LogP contribution in [0.2, 0.25) is 10.0 Å². The van der Waals surface area contributed by atoms with Crippen molar-refractivity contribution in [1.29, 1.82) is 0 Å². The summed E-state index contributed by atoms with van der Waals surface area (Å²) in [4.78, 5) is 3.22. The number of fused-ring (bicyclic) bond motifs is 1. The molecule has 1 heterocycles. The topological polar surface area (TPSA) is 15.8 Å². The van der Waals surface area contributed by atoms with Gasteiger partial charge in [-0.3, -0.25) is 0 Å². The van der Waals surface area contributed by atoms with Crippen LogP contribution in [0.15, 0.2) is 18.3 Å². The Morgan fingerprint density at radius 1 is 1.19 bits per heavy atom. The SMILES string of the molecule is CCCCCc1c[nH]c2c(Cl)cc(Cl)cc12. The van der Waals surface area contributed by atoms with Crippen LogP contribution in [0.5, 0.6) is 0 Å². The molecule has 0 saturated heterocycles. The van der Waals surface area contributed by atoms with Crippen LogP contribution in [0.3, 0.4) is 0 Å². The number of hydrogen-bond acceptors (Lipinski definition) is 0. The second-order valence-corrected chi connectivity index (χ2v) is 4.92. The van der Waals surface area contributed by atoms with Crippen LogP contribution in [0.25, 0.3) is 10.9 Å². The minimum absolute atomic E-state index is 0.698. The van der Waals surface area contributed by atoms with E-state index in [1.54, 1.807) is 6.07 Å². The molecule has 0 aliphatic heterocycles. The van der Waals surface area contributed by atoms with Gasteiger partial charge in [-0.2, -0.15) is 0 Å². The van der Waals surface area contributed by atoms with Crippen molar-refractivity contribution in [3.8, 4) is 0 Å². The van der Waals surface area contributed by atoms with Crippen LogP contribution in [-0.2, 0) is 6.42 Å². The Kier molecular flexibility index (Phi) is 3.78. The number of rotatable bonds is 4. The third-order valence-corrected chi connectivity index (χ3v) is 3.36. The number of aromatic amines is 1. The summed E-state index contributed by atoms with van der Waals surface area (Å²) in [6.07, 6.45) is 6.85. The summed E-state index contributed by atoms with van der Waals surface area (Å²) in [7, 11) is 0. The monoisotopic (exact) mass is 255 g/mol. The van der Waals surface area contributed by atoms with Gasteiger partial charge in [-0.25, -0.2) is 0 Å². The number of halogens is 2. The van der Waals surface area contributed by atoms with Crippen LogP contribution in [0, 0.1) is 0 Å². The molecule has 0 unspecified atom stereocenters. The van der Waals surface area contributed by atoms with Crippen molar-refractivity contribution in [1.82, 2.24) is 4.98 Å². The fourth-order valence-corrected chi connectivity index (χ4v) is 2.53. The van der Waals surface area contributed by atoms with E-state index < -0.39 is 0 Å². The Morgan fingerprint density at radius 2 is 2.00 bits per heavy atom. The molecule has 0 spiro atoms. The second-order valence-electron chi connectivity index (χ2n) is 4.08. The molecule has 0 saturated carbocycles. The standard InChI is InChI=1S/C13H15Cl2N/c1-2-3-4-5-9-8-16-13-11(9)6-10(14)7-12(13)15/h6-8,16H,2-5H2,1H3. The molecule has 3 heteroatoms. The predicted molar refractivity (Wildman–Crippen MR) is 71.5 cm³/mol. The molecule has 0 bridgehead atoms. The van der Waals surface area contributed by atoms with E-state index in [1.807, 2.05) is 12.3 Å². The van der Waals surface area contributed by atoms with Gasteiger partial charge in [0.25, 0.3) is 0 Å². The predicted octanol–water partition coefficient (Wildman–Crippen LogP) is 5.21. The van der Waals surface area contributed by atoms with Crippen LogP contribution < -0.4 is 0 Å². The van der Waals surface area contributed by atoms with Crippen LogP contribution in [0.1, 0.15) is 31.7 Å². The summed E-state index contributed by atoms with van der Waals surface area (Å²) in [6.45, 7) is 2.21. The molecule has 0 aliphatic carbocycles.